The molecule has 0 saturated heterocycles. The molecule has 4 aromatic carbocycles. The lowest BCUT2D eigenvalue weighted by molar-refractivity contribution is -0.118. The van der Waals surface area contributed by atoms with Crippen molar-refractivity contribution in [3.8, 4) is 11.5 Å². The molecule has 4 aromatic rings. The first-order valence-corrected chi connectivity index (χ1v) is 15.8. The van der Waals surface area contributed by atoms with E-state index in [1.807, 2.05) is 69.2 Å². The Morgan fingerprint density at radius 2 is 1.44 bits per heavy atom. The SMILES string of the molecule is CCOc1c2c(c(OCC)c3ccccc13)C(=O)N(c1ccc(CS(=O)(=O)NC(=O)Cc3ccc(N(C)C)cc3)cc1)C2. The van der Waals surface area contributed by atoms with Gasteiger partial charge in [-0.1, -0.05) is 48.5 Å². The van der Waals surface area contributed by atoms with Crippen LogP contribution in [-0.4, -0.2) is 47.5 Å². The number of carbonyl (C=O) groups is 2. The molecule has 1 N–H and O–H groups in total. The fourth-order valence-corrected chi connectivity index (χ4v) is 6.44. The normalized spacial score (nSPS) is 12.7. The van der Waals surface area contributed by atoms with Gasteiger partial charge in [0.25, 0.3) is 5.91 Å². The van der Waals surface area contributed by atoms with E-state index >= 15 is 0 Å². The van der Waals surface area contributed by atoms with Gasteiger partial charge < -0.3 is 19.3 Å². The van der Waals surface area contributed by atoms with Gasteiger partial charge >= 0.3 is 0 Å². The Bertz CT molecular complexity index is 1770. The van der Waals surface area contributed by atoms with Crippen molar-refractivity contribution in [2.24, 2.45) is 0 Å². The third kappa shape index (κ3) is 6.29. The highest BCUT2D eigenvalue weighted by molar-refractivity contribution is 7.89. The van der Waals surface area contributed by atoms with Gasteiger partial charge in [-0.05, 0) is 49.2 Å². The van der Waals surface area contributed by atoms with Crippen molar-refractivity contribution < 1.29 is 27.5 Å². The molecule has 0 spiro atoms. The topological polar surface area (TPSA) is 105 Å². The molecule has 1 aliphatic heterocycles. The Morgan fingerprint density at radius 1 is 0.860 bits per heavy atom. The summed E-state index contributed by atoms with van der Waals surface area (Å²) in [6.45, 7) is 4.93. The summed E-state index contributed by atoms with van der Waals surface area (Å²) in [5.41, 5.74) is 4.04. The number of carbonyl (C=O) groups excluding carboxylic acids is 2. The number of fused-ring (bicyclic) bond motifs is 2. The molecule has 0 aromatic heterocycles. The molecule has 0 bridgehead atoms. The first kappa shape index (κ1) is 29.9. The summed E-state index contributed by atoms with van der Waals surface area (Å²) in [5.74, 6) is 0.0190. The first-order valence-electron chi connectivity index (χ1n) is 14.1. The molecule has 1 aliphatic rings. The van der Waals surface area contributed by atoms with Crippen LogP contribution in [0.4, 0.5) is 11.4 Å². The van der Waals surface area contributed by atoms with Gasteiger partial charge in [-0.25, -0.2) is 8.42 Å². The molecule has 0 fully saturated rings. The number of nitrogens with one attached hydrogen (secondary N) is 1. The highest BCUT2D eigenvalue weighted by atomic mass is 32.2. The van der Waals surface area contributed by atoms with Gasteiger partial charge in [0.2, 0.25) is 15.9 Å². The smallest absolute Gasteiger partial charge is 0.262 e. The van der Waals surface area contributed by atoms with E-state index in [-0.39, 0.29) is 24.6 Å². The van der Waals surface area contributed by atoms with Crippen molar-refractivity contribution in [3.05, 3.63) is 95.1 Å². The number of ether oxygens (including phenoxy) is 2. The minimum absolute atomic E-state index is 0.0496. The Morgan fingerprint density at radius 3 is 2.05 bits per heavy atom. The zero-order valence-corrected chi connectivity index (χ0v) is 25.5. The number of rotatable bonds is 11. The van der Waals surface area contributed by atoms with Gasteiger partial charge in [-0.3, -0.25) is 14.3 Å². The van der Waals surface area contributed by atoms with E-state index in [4.69, 9.17) is 9.47 Å². The van der Waals surface area contributed by atoms with Crippen LogP contribution < -0.4 is 24.0 Å². The molecule has 9 nitrogen and oxygen atoms in total. The molecule has 0 unspecified atom stereocenters. The molecular weight excluding hydrogens is 566 g/mol. The van der Waals surface area contributed by atoms with Crippen molar-refractivity contribution in [2.75, 3.05) is 37.1 Å². The van der Waals surface area contributed by atoms with Gasteiger partial charge in [0.05, 0.1) is 37.5 Å². The van der Waals surface area contributed by atoms with Crippen LogP contribution in [0.3, 0.4) is 0 Å². The fourth-order valence-electron chi connectivity index (χ4n) is 5.32. The average Bonchev–Trinajstić information content (AvgIpc) is 3.31. The summed E-state index contributed by atoms with van der Waals surface area (Å²) in [4.78, 5) is 29.8. The number of anilines is 2. The lowest BCUT2D eigenvalue weighted by Gasteiger charge is -2.16. The van der Waals surface area contributed by atoms with Crippen LogP contribution in [-0.2, 0) is 33.5 Å². The zero-order chi connectivity index (χ0) is 30.7. The van der Waals surface area contributed by atoms with Crippen LogP contribution >= 0.6 is 0 Å². The minimum Gasteiger partial charge on any atom is -0.493 e. The molecule has 224 valence electrons. The molecule has 5 rings (SSSR count). The minimum atomic E-state index is -3.93. The predicted octanol–water partition coefficient (Wildman–Crippen LogP) is 5.05. The Hall–Kier alpha value is -4.57. The summed E-state index contributed by atoms with van der Waals surface area (Å²) in [5, 5.41) is 1.70. The molecule has 10 heteroatoms. The number of amides is 2. The summed E-state index contributed by atoms with van der Waals surface area (Å²) in [6.07, 6.45) is -0.0496. The van der Waals surface area contributed by atoms with E-state index in [1.165, 1.54) is 0 Å². The van der Waals surface area contributed by atoms with Crippen molar-refractivity contribution in [3.63, 3.8) is 0 Å². The van der Waals surface area contributed by atoms with E-state index in [9.17, 15) is 18.0 Å². The monoisotopic (exact) mass is 601 g/mol. The second-order valence-corrected chi connectivity index (χ2v) is 12.2. The standard InChI is InChI=1S/C33H35N3O6S/c1-5-41-31-26-9-7-8-10-27(26)32(42-6-2)30-28(31)20-36(33(30)38)25-17-13-23(14-18-25)21-43(39,40)34-29(37)19-22-11-15-24(16-12-22)35(3)4/h7-18H,5-6,19-21H2,1-4H3,(H,34,37). The largest absolute Gasteiger partial charge is 0.493 e. The number of nitrogens with zero attached hydrogens (tertiary/aromatic N) is 2. The highest BCUT2D eigenvalue weighted by Gasteiger charge is 2.36. The number of benzene rings is 4. The maximum Gasteiger partial charge on any atom is 0.262 e. The van der Waals surface area contributed by atoms with Gasteiger partial charge in [0.1, 0.15) is 11.5 Å². The summed E-state index contributed by atoms with van der Waals surface area (Å²) >= 11 is 0. The maximum atomic E-state index is 13.8. The van der Waals surface area contributed by atoms with Crippen LogP contribution in [0, 0.1) is 0 Å². The van der Waals surface area contributed by atoms with Crippen LogP contribution in [0.15, 0.2) is 72.8 Å². The second kappa shape index (κ2) is 12.3. The van der Waals surface area contributed by atoms with Crippen molar-refractivity contribution >= 4 is 44.0 Å². The highest BCUT2D eigenvalue weighted by Crippen LogP contribution is 2.46. The average molecular weight is 602 g/mol. The zero-order valence-electron chi connectivity index (χ0n) is 24.7. The van der Waals surface area contributed by atoms with E-state index < -0.39 is 15.9 Å². The summed E-state index contributed by atoms with van der Waals surface area (Å²) < 4.78 is 39.7. The van der Waals surface area contributed by atoms with Crippen LogP contribution in [0.1, 0.15) is 40.9 Å². The molecular formula is C33H35N3O6S. The van der Waals surface area contributed by atoms with E-state index in [0.29, 0.717) is 47.1 Å². The molecule has 43 heavy (non-hydrogen) atoms. The fraction of sp³-hybridized carbons (Fsp3) is 0.273. The summed E-state index contributed by atoms with van der Waals surface area (Å²) in [6, 6.07) is 21.8. The van der Waals surface area contributed by atoms with Crippen molar-refractivity contribution in [2.45, 2.75) is 32.6 Å². The van der Waals surface area contributed by atoms with E-state index in [1.54, 1.807) is 41.3 Å². The molecule has 1 heterocycles. The van der Waals surface area contributed by atoms with Gasteiger partial charge in [0, 0.05) is 41.8 Å². The molecule has 0 aliphatic carbocycles. The summed E-state index contributed by atoms with van der Waals surface area (Å²) in [7, 11) is -0.0941. The Balaban J connectivity index is 1.32. The van der Waals surface area contributed by atoms with Crippen molar-refractivity contribution in [1.29, 1.82) is 0 Å². The van der Waals surface area contributed by atoms with Crippen LogP contribution in [0.25, 0.3) is 10.8 Å². The third-order valence-electron chi connectivity index (χ3n) is 7.26. The third-order valence-corrected chi connectivity index (χ3v) is 8.52. The van der Waals surface area contributed by atoms with E-state index in [0.717, 1.165) is 22.0 Å². The predicted molar refractivity (Wildman–Crippen MR) is 168 cm³/mol. The number of hydrogen-bond donors (Lipinski definition) is 1. The van der Waals surface area contributed by atoms with Gasteiger partial charge in [-0.2, -0.15) is 0 Å². The Labute approximate surface area is 252 Å². The molecule has 0 radical (unpaired) electrons. The number of hydrogen-bond acceptors (Lipinski definition) is 7. The first-order chi connectivity index (χ1) is 20.6. The van der Waals surface area contributed by atoms with Crippen LogP contribution in [0.2, 0.25) is 0 Å². The molecule has 2 amide bonds. The van der Waals surface area contributed by atoms with Crippen LogP contribution in [0.5, 0.6) is 11.5 Å². The van der Waals surface area contributed by atoms with E-state index in [2.05, 4.69) is 4.72 Å². The Kier molecular flexibility index (Phi) is 8.59. The van der Waals surface area contributed by atoms with Crippen molar-refractivity contribution in [1.82, 2.24) is 4.72 Å². The quantitative estimate of drug-likeness (QED) is 0.257. The molecule has 0 atom stereocenters. The number of sulfonamides is 1. The maximum absolute atomic E-state index is 13.8. The van der Waals surface area contributed by atoms with Gasteiger partial charge in [0.15, 0.2) is 0 Å². The second-order valence-electron chi connectivity index (χ2n) is 10.5. The lowest BCUT2D eigenvalue weighted by Crippen LogP contribution is -2.32. The lowest BCUT2D eigenvalue weighted by atomic mass is 9.99. The molecule has 0 saturated carbocycles. The van der Waals surface area contributed by atoms with Gasteiger partial charge in [-0.15, -0.1) is 0 Å².